The number of benzene rings is 1. The number of likely N-dealkylation sites (N-methyl/N-ethyl adjacent to an activating group) is 1. The molecule has 0 fully saturated rings. The van der Waals surface area contributed by atoms with Crippen molar-refractivity contribution in [1.82, 2.24) is 10.3 Å². The van der Waals surface area contributed by atoms with Crippen molar-refractivity contribution in [2.24, 2.45) is 0 Å². The Kier molecular flexibility index (Phi) is 5.32. The third-order valence-electron chi connectivity index (χ3n) is 3.42. The minimum absolute atomic E-state index is 0.423. The predicted octanol–water partition coefficient (Wildman–Crippen LogP) is 3.83. The van der Waals surface area contributed by atoms with Crippen molar-refractivity contribution < 1.29 is 0 Å². The van der Waals surface area contributed by atoms with Crippen molar-refractivity contribution in [3.05, 3.63) is 63.4 Å². The van der Waals surface area contributed by atoms with Crippen LogP contribution in [0.15, 0.2) is 41.1 Å². The quantitative estimate of drug-likeness (QED) is 0.899. The third-order valence-corrected chi connectivity index (χ3v) is 3.85. The molecule has 1 aromatic heterocycles. The molecule has 0 aliphatic carbocycles. The van der Waals surface area contributed by atoms with Gasteiger partial charge in [0.25, 0.3) is 0 Å². The highest BCUT2D eigenvalue weighted by atomic mass is 79.9. The first-order valence-corrected chi connectivity index (χ1v) is 7.70. The number of pyridine rings is 1. The molecule has 0 aliphatic rings. The molecule has 0 aliphatic heterocycles. The van der Waals surface area contributed by atoms with Crippen LogP contribution in [0.1, 0.15) is 22.3 Å². The second-order valence-corrected chi connectivity index (χ2v) is 6.32. The van der Waals surface area contributed by atoms with Crippen molar-refractivity contribution in [3.8, 4) is 0 Å². The Hall–Kier alpha value is -1.19. The molecule has 0 saturated carbocycles. The summed E-state index contributed by atoms with van der Waals surface area (Å²) in [5, 5.41) is 3.41. The first kappa shape index (κ1) is 15.2. The standard InChI is InChI=1S/C17H21BrN2/c1-12-4-13(2)6-14(5-12)8-17(19-3)9-15-7-16(18)11-20-10-15/h4-7,10-11,17,19H,8-9H2,1-3H3. The van der Waals surface area contributed by atoms with Gasteiger partial charge in [-0.15, -0.1) is 0 Å². The second kappa shape index (κ2) is 7.00. The number of hydrogen-bond acceptors (Lipinski definition) is 2. The van der Waals surface area contributed by atoms with Gasteiger partial charge in [0, 0.05) is 22.9 Å². The molecule has 3 heteroatoms. The van der Waals surface area contributed by atoms with Gasteiger partial charge in [0.15, 0.2) is 0 Å². The number of aromatic nitrogens is 1. The molecule has 20 heavy (non-hydrogen) atoms. The summed E-state index contributed by atoms with van der Waals surface area (Å²) in [6.45, 7) is 4.31. The Morgan fingerprint density at radius 1 is 1.00 bits per heavy atom. The van der Waals surface area contributed by atoms with Crippen LogP contribution in [0.25, 0.3) is 0 Å². The predicted molar refractivity (Wildman–Crippen MR) is 88.1 cm³/mol. The molecule has 1 aromatic carbocycles. The minimum atomic E-state index is 0.423. The largest absolute Gasteiger partial charge is 0.316 e. The highest BCUT2D eigenvalue weighted by Gasteiger charge is 2.09. The number of hydrogen-bond donors (Lipinski definition) is 1. The Labute approximate surface area is 129 Å². The van der Waals surface area contributed by atoms with E-state index in [-0.39, 0.29) is 0 Å². The number of rotatable bonds is 5. The zero-order chi connectivity index (χ0) is 14.5. The van der Waals surface area contributed by atoms with Crippen LogP contribution in [-0.4, -0.2) is 18.1 Å². The molecule has 0 spiro atoms. The summed E-state index contributed by atoms with van der Waals surface area (Å²) >= 11 is 3.48. The van der Waals surface area contributed by atoms with E-state index in [1.54, 1.807) is 0 Å². The Morgan fingerprint density at radius 3 is 2.25 bits per heavy atom. The Bertz CT molecular complexity index is 561. The van der Waals surface area contributed by atoms with Crippen LogP contribution in [0.2, 0.25) is 0 Å². The lowest BCUT2D eigenvalue weighted by Crippen LogP contribution is -2.30. The van der Waals surface area contributed by atoms with Crippen LogP contribution in [0.5, 0.6) is 0 Å². The molecule has 1 N–H and O–H groups in total. The average molecular weight is 333 g/mol. The summed E-state index contributed by atoms with van der Waals surface area (Å²) in [6, 6.07) is 9.33. The lowest BCUT2D eigenvalue weighted by atomic mass is 9.97. The molecular weight excluding hydrogens is 312 g/mol. The van der Waals surface area contributed by atoms with E-state index in [1.807, 2.05) is 19.4 Å². The number of nitrogens with one attached hydrogen (secondary N) is 1. The van der Waals surface area contributed by atoms with E-state index in [9.17, 15) is 0 Å². The molecule has 2 aromatic rings. The summed E-state index contributed by atoms with van der Waals surface area (Å²) in [5.41, 5.74) is 5.31. The van der Waals surface area contributed by atoms with Gasteiger partial charge in [-0.1, -0.05) is 29.3 Å². The summed E-state index contributed by atoms with van der Waals surface area (Å²) in [5.74, 6) is 0. The van der Waals surface area contributed by atoms with Crippen LogP contribution in [0.4, 0.5) is 0 Å². The van der Waals surface area contributed by atoms with Gasteiger partial charge in [-0.3, -0.25) is 4.98 Å². The van der Waals surface area contributed by atoms with E-state index in [0.717, 1.165) is 17.3 Å². The lowest BCUT2D eigenvalue weighted by Gasteiger charge is -2.17. The molecule has 2 rings (SSSR count). The minimum Gasteiger partial charge on any atom is -0.316 e. The summed E-state index contributed by atoms with van der Waals surface area (Å²) in [7, 11) is 2.03. The molecule has 106 valence electrons. The van der Waals surface area contributed by atoms with Gasteiger partial charge in [-0.2, -0.15) is 0 Å². The maximum Gasteiger partial charge on any atom is 0.0410 e. The van der Waals surface area contributed by atoms with E-state index in [0.29, 0.717) is 6.04 Å². The number of aryl methyl sites for hydroxylation is 2. The number of halogens is 1. The van der Waals surface area contributed by atoms with Gasteiger partial charge >= 0.3 is 0 Å². The topological polar surface area (TPSA) is 24.9 Å². The molecule has 1 unspecified atom stereocenters. The van der Waals surface area contributed by atoms with Crippen molar-refractivity contribution in [2.45, 2.75) is 32.7 Å². The molecule has 0 radical (unpaired) electrons. The van der Waals surface area contributed by atoms with Crippen molar-refractivity contribution in [3.63, 3.8) is 0 Å². The monoisotopic (exact) mass is 332 g/mol. The van der Waals surface area contributed by atoms with E-state index in [4.69, 9.17) is 0 Å². The highest BCUT2D eigenvalue weighted by Crippen LogP contribution is 2.15. The average Bonchev–Trinajstić information content (AvgIpc) is 2.36. The van der Waals surface area contributed by atoms with E-state index >= 15 is 0 Å². The van der Waals surface area contributed by atoms with Crippen molar-refractivity contribution >= 4 is 15.9 Å². The van der Waals surface area contributed by atoms with Gasteiger partial charge < -0.3 is 5.32 Å². The van der Waals surface area contributed by atoms with Crippen LogP contribution in [0.3, 0.4) is 0 Å². The van der Waals surface area contributed by atoms with Crippen LogP contribution >= 0.6 is 15.9 Å². The summed E-state index contributed by atoms with van der Waals surface area (Å²) in [4.78, 5) is 4.23. The number of nitrogens with zero attached hydrogens (tertiary/aromatic N) is 1. The Morgan fingerprint density at radius 2 is 1.65 bits per heavy atom. The zero-order valence-corrected chi connectivity index (χ0v) is 13.9. The van der Waals surface area contributed by atoms with Crippen molar-refractivity contribution in [1.29, 1.82) is 0 Å². The summed E-state index contributed by atoms with van der Waals surface area (Å²) < 4.78 is 1.04. The van der Waals surface area contributed by atoms with Crippen LogP contribution in [0, 0.1) is 13.8 Å². The maximum absolute atomic E-state index is 4.23. The Balaban J connectivity index is 2.09. The van der Waals surface area contributed by atoms with Gasteiger partial charge in [0.2, 0.25) is 0 Å². The van der Waals surface area contributed by atoms with Gasteiger partial charge in [-0.05, 0) is 66.9 Å². The van der Waals surface area contributed by atoms with E-state index in [2.05, 4.69) is 64.3 Å². The molecule has 1 atom stereocenters. The fourth-order valence-electron chi connectivity index (χ4n) is 2.60. The first-order valence-electron chi connectivity index (χ1n) is 6.90. The van der Waals surface area contributed by atoms with E-state index in [1.165, 1.54) is 22.3 Å². The normalized spacial score (nSPS) is 12.4. The molecule has 1 heterocycles. The second-order valence-electron chi connectivity index (χ2n) is 5.40. The zero-order valence-electron chi connectivity index (χ0n) is 12.3. The van der Waals surface area contributed by atoms with Gasteiger partial charge in [0.1, 0.15) is 0 Å². The van der Waals surface area contributed by atoms with Crippen LogP contribution < -0.4 is 5.32 Å². The van der Waals surface area contributed by atoms with Gasteiger partial charge in [0.05, 0.1) is 0 Å². The SMILES string of the molecule is CNC(Cc1cc(C)cc(C)c1)Cc1cncc(Br)c1. The molecule has 0 amide bonds. The first-order chi connectivity index (χ1) is 9.56. The van der Waals surface area contributed by atoms with Crippen molar-refractivity contribution in [2.75, 3.05) is 7.05 Å². The van der Waals surface area contributed by atoms with E-state index < -0.39 is 0 Å². The highest BCUT2D eigenvalue weighted by molar-refractivity contribution is 9.10. The third kappa shape index (κ3) is 4.43. The lowest BCUT2D eigenvalue weighted by molar-refractivity contribution is 0.555. The molecule has 2 nitrogen and oxygen atoms in total. The molecule has 0 saturated heterocycles. The smallest absolute Gasteiger partial charge is 0.0410 e. The molecular formula is C17H21BrN2. The maximum atomic E-state index is 4.23. The fraction of sp³-hybridized carbons (Fsp3) is 0.353. The fourth-order valence-corrected chi connectivity index (χ4v) is 3.01. The summed E-state index contributed by atoms with van der Waals surface area (Å²) in [6.07, 6.45) is 5.78. The van der Waals surface area contributed by atoms with Crippen LogP contribution in [-0.2, 0) is 12.8 Å². The molecule has 0 bridgehead atoms. The van der Waals surface area contributed by atoms with Gasteiger partial charge in [-0.25, -0.2) is 0 Å².